The number of likely N-dealkylation sites (N-methyl/N-ethyl adjacent to an activating group) is 1. The Morgan fingerprint density at radius 1 is 0.596 bits per heavy atom. The van der Waals surface area contributed by atoms with Crippen LogP contribution in [0.5, 0.6) is 0 Å². The molecule has 0 N–H and O–H groups in total. The third-order valence-electron chi connectivity index (χ3n) is 8.99. The molecule has 328 valence electrons. The first kappa shape index (κ1) is 54.4. The molecule has 0 aliphatic heterocycles. The van der Waals surface area contributed by atoms with Gasteiger partial charge in [-0.15, -0.1) is 0 Å². The summed E-state index contributed by atoms with van der Waals surface area (Å²) in [5.74, 6) is -0.781. The molecule has 0 rings (SSSR count). The van der Waals surface area contributed by atoms with Crippen LogP contribution in [0.3, 0.4) is 0 Å². The van der Waals surface area contributed by atoms with Gasteiger partial charge in [0.1, 0.15) is 19.8 Å². The number of phosphoric ester groups is 1. The van der Waals surface area contributed by atoms with E-state index in [1.165, 1.54) is 38.5 Å². The molecule has 1 unspecified atom stereocenters. The molecule has 57 heavy (non-hydrogen) atoms. The normalized spacial score (nSPS) is 14.1. The number of phosphoric acid groups is 1. The van der Waals surface area contributed by atoms with Crippen LogP contribution in [0, 0.1) is 0 Å². The average Bonchev–Trinajstić information content (AvgIpc) is 3.15. The minimum atomic E-state index is -4.65. The predicted octanol–water partition coefficient (Wildman–Crippen LogP) is 11.0. The molecular weight excluding hydrogens is 741 g/mol. The summed E-state index contributed by atoms with van der Waals surface area (Å²) < 4.78 is 33.8. The monoisotopic (exact) mass is 822 g/mol. The second-order valence-corrected chi connectivity index (χ2v) is 17.1. The molecular formula is C46H80NO9P. The summed E-state index contributed by atoms with van der Waals surface area (Å²) in [7, 11) is 1.09. The maximum Gasteiger partial charge on any atom is 0.306 e. The molecule has 0 saturated heterocycles. The standard InChI is InChI=1S/C46H80NO9P/c1-6-8-10-11-12-13-14-15-16-17-20-24-27-30-34-38-46(50)56-44(42-55-57(51,52)54-40-39-47(3,4)5)41-53-45(49)37-33-29-26-23-21-18-19-22-25-28-32-36-43(48)35-31-9-7-2/h15-16,18-19,23,25-26,28,32,36,44H,6-14,17,20-22,24,27,29-31,33-35,37-42H2,1-5H3/b16-15-,19-18-,26-23-,28-25-,36-32+/t44-/m1/s1. The third kappa shape index (κ3) is 41.3. The molecule has 11 heteroatoms. The molecule has 0 saturated carbocycles. The molecule has 0 bridgehead atoms. The maximum atomic E-state index is 12.7. The molecule has 0 aromatic heterocycles. The summed E-state index contributed by atoms with van der Waals surface area (Å²) in [4.78, 5) is 49.2. The van der Waals surface area contributed by atoms with Gasteiger partial charge in [0.05, 0.1) is 27.7 Å². The average molecular weight is 822 g/mol. The molecule has 0 heterocycles. The van der Waals surface area contributed by atoms with E-state index in [-0.39, 0.29) is 31.8 Å². The van der Waals surface area contributed by atoms with Gasteiger partial charge < -0.3 is 27.9 Å². The molecule has 0 spiro atoms. The van der Waals surface area contributed by atoms with Crippen LogP contribution in [0.15, 0.2) is 60.8 Å². The minimum absolute atomic E-state index is 0.0531. The smallest absolute Gasteiger partial charge is 0.306 e. The second-order valence-electron chi connectivity index (χ2n) is 15.7. The SMILES string of the molecule is CCCCCCCC/C=C\CCCCCCCC(=O)O[C@H](COC(=O)CCC/C=C\C/C=C\C/C=C\C=C\C(=O)CCCCC)COP(=O)([O-])OCC[N+](C)(C)C. The van der Waals surface area contributed by atoms with Crippen LogP contribution in [-0.4, -0.2) is 75.8 Å². The lowest BCUT2D eigenvalue weighted by Gasteiger charge is -2.28. The van der Waals surface area contributed by atoms with Gasteiger partial charge in [-0.1, -0.05) is 133 Å². The van der Waals surface area contributed by atoms with E-state index in [2.05, 4.69) is 38.2 Å². The van der Waals surface area contributed by atoms with E-state index in [0.29, 0.717) is 36.7 Å². The summed E-state index contributed by atoms with van der Waals surface area (Å²) in [5, 5.41) is 0. The highest BCUT2D eigenvalue weighted by molar-refractivity contribution is 7.45. The van der Waals surface area contributed by atoms with Gasteiger partial charge in [-0.3, -0.25) is 18.9 Å². The highest BCUT2D eigenvalue weighted by Gasteiger charge is 2.21. The van der Waals surface area contributed by atoms with Gasteiger partial charge in [0.2, 0.25) is 0 Å². The first-order chi connectivity index (χ1) is 27.4. The van der Waals surface area contributed by atoms with E-state index in [1.807, 2.05) is 45.4 Å². The number of quaternary nitrogens is 1. The van der Waals surface area contributed by atoms with Gasteiger partial charge in [0.25, 0.3) is 7.82 Å². The van der Waals surface area contributed by atoms with E-state index >= 15 is 0 Å². The van der Waals surface area contributed by atoms with Crippen LogP contribution in [0.25, 0.3) is 0 Å². The maximum absolute atomic E-state index is 12.7. The van der Waals surface area contributed by atoms with E-state index in [4.69, 9.17) is 18.5 Å². The Bertz CT molecular complexity index is 1220. The minimum Gasteiger partial charge on any atom is -0.756 e. The molecule has 0 fully saturated rings. The molecule has 0 amide bonds. The number of ketones is 1. The lowest BCUT2D eigenvalue weighted by Crippen LogP contribution is -2.37. The number of carbonyl (C=O) groups excluding carboxylic acids is 3. The number of ether oxygens (including phenoxy) is 2. The fourth-order valence-electron chi connectivity index (χ4n) is 5.48. The van der Waals surface area contributed by atoms with Crippen LogP contribution in [-0.2, 0) is 37.5 Å². The first-order valence-electron chi connectivity index (χ1n) is 21.9. The van der Waals surface area contributed by atoms with Crippen molar-refractivity contribution in [1.29, 1.82) is 0 Å². The summed E-state index contributed by atoms with van der Waals surface area (Å²) in [6.07, 6.45) is 40.9. The van der Waals surface area contributed by atoms with Crippen molar-refractivity contribution >= 4 is 25.5 Å². The van der Waals surface area contributed by atoms with Crippen LogP contribution >= 0.6 is 7.82 Å². The molecule has 10 nitrogen and oxygen atoms in total. The number of esters is 2. The van der Waals surface area contributed by atoms with Crippen LogP contribution < -0.4 is 4.89 Å². The molecule has 0 radical (unpaired) electrons. The van der Waals surface area contributed by atoms with Crippen LogP contribution in [0.4, 0.5) is 0 Å². The number of unbranched alkanes of at least 4 members (excludes halogenated alkanes) is 14. The van der Waals surface area contributed by atoms with Crippen molar-refractivity contribution < 1.29 is 46.8 Å². The summed E-state index contributed by atoms with van der Waals surface area (Å²) in [6, 6.07) is 0. The van der Waals surface area contributed by atoms with Gasteiger partial charge in [0.15, 0.2) is 11.9 Å². The number of carbonyl (C=O) groups is 3. The third-order valence-corrected chi connectivity index (χ3v) is 9.95. The Morgan fingerprint density at radius 3 is 1.79 bits per heavy atom. The zero-order chi connectivity index (χ0) is 42.3. The number of allylic oxidation sites excluding steroid dienone is 10. The van der Waals surface area contributed by atoms with Crippen molar-refractivity contribution in [2.75, 3.05) is 47.5 Å². The van der Waals surface area contributed by atoms with E-state index < -0.39 is 32.5 Å². The number of hydrogen-bond donors (Lipinski definition) is 0. The van der Waals surface area contributed by atoms with Crippen molar-refractivity contribution in [2.24, 2.45) is 0 Å². The summed E-state index contributed by atoms with van der Waals surface area (Å²) in [5.41, 5.74) is 0. The highest BCUT2D eigenvalue weighted by Crippen LogP contribution is 2.38. The highest BCUT2D eigenvalue weighted by atomic mass is 31.2. The first-order valence-corrected chi connectivity index (χ1v) is 23.4. The number of hydrogen-bond acceptors (Lipinski definition) is 9. The second kappa shape index (κ2) is 37.6. The lowest BCUT2D eigenvalue weighted by atomic mass is 10.1. The molecule has 0 aliphatic carbocycles. The summed E-state index contributed by atoms with van der Waals surface area (Å²) >= 11 is 0. The lowest BCUT2D eigenvalue weighted by molar-refractivity contribution is -0.870. The predicted molar refractivity (Wildman–Crippen MR) is 231 cm³/mol. The van der Waals surface area contributed by atoms with Gasteiger partial charge in [0, 0.05) is 19.3 Å². The van der Waals surface area contributed by atoms with Gasteiger partial charge in [-0.05, 0) is 70.3 Å². The van der Waals surface area contributed by atoms with E-state index in [0.717, 1.165) is 70.6 Å². The quantitative estimate of drug-likeness (QED) is 0.0113. The zero-order valence-electron chi connectivity index (χ0n) is 36.5. The van der Waals surface area contributed by atoms with Gasteiger partial charge in [-0.25, -0.2) is 0 Å². The fraction of sp³-hybridized carbons (Fsp3) is 0.717. The molecule has 0 aliphatic rings. The Labute approximate surface area is 347 Å². The van der Waals surface area contributed by atoms with Crippen molar-refractivity contribution in [1.82, 2.24) is 0 Å². The van der Waals surface area contributed by atoms with Crippen LogP contribution in [0.2, 0.25) is 0 Å². The number of rotatable bonds is 39. The van der Waals surface area contributed by atoms with Crippen molar-refractivity contribution in [3.05, 3.63) is 60.8 Å². The largest absolute Gasteiger partial charge is 0.756 e. The van der Waals surface area contributed by atoms with E-state index in [1.54, 1.807) is 12.2 Å². The van der Waals surface area contributed by atoms with Crippen molar-refractivity contribution in [2.45, 2.75) is 168 Å². The van der Waals surface area contributed by atoms with Crippen molar-refractivity contribution in [3.8, 4) is 0 Å². The topological polar surface area (TPSA) is 128 Å². The molecule has 2 atom stereocenters. The summed E-state index contributed by atoms with van der Waals surface area (Å²) in [6.45, 7) is 3.95. The molecule has 0 aromatic rings. The van der Waals surface area contributed by atoms with Crippen molar-refractivity contribution in [3.63, 3.8) is 0 Å². The number of nitrogens with zero attached hydrogens (tertiary/aromatic N) is 1. The molecule has 0 aromatic carbocycles. The Kier molecular flexibility index (Phi) is 35.9. The van der Waals surface area contributed by atoms with Crippen LogP contribution in [0.1, 0.15) is 162 Å². The Morgan fingerprint density at radius 2 is 1.12 bits per heavy atom. The van der Waals surface area contributed by atoms with E-state index in [9.17, 15) is 23.8 Å². The zero-order valence-corrected chi connectivity index (χ0v) is 37.4. The Hall–Kier alpha value is -2.62. The van der Waals surface area contributed by atoms with Gasteiger partial charge in [-0.2, -0.15) is 0 Å². The Balaban J connectivity index is 4.52. The van der Waals surface area contributed by atoms with Gasteiger partial charge >= 0.3 is 11.9 Å². The fourth-order valence-corrected chi connectivity index (χ4v) is 6.21.